The second-order valence-electron chi connectivity index (χ2n) is 3.75. The average Bonchev–Trinajstić information content (AvgIpc) is 2.69. The zero-order valence-electron chi connectivity index (χ0n) is 8.80. The van der Waals surface area contributed by atoms with Crippen molar-refractivity contribution in [3.8, 4) is 0 Å². The molecule has 1 nitrogen and oxygen atoms in total. The summed E-state index contributed by atoms with van der Waals surface area (Å²) >= 11 is 0. The summed E-state index contributed by atoms with van der Waals surface area (Å²) in [6.45, 7) is 0. The van der Waals surface area contributed by atoms with Crippen LogP contribution in [0.5, 0.6) is 0 Å². The zero-order chi connectivity index (χ0) is 10.8. The van der Waals surface area contributed by atoms with Gasteiger partial charge in [0.25, 0.3) is 0 Å². The molecule has 0 spiro atoms. The molecule has 0 saturated heterocycles. The number of aliphatic imine (C=N–C) groups is 1. The first kappa shape index (κ1) is 9.10. The maximum Gasteiger partial charge on any atom is 0.0714 e. The van der Waals surface area contributed by atoms with Crippen LogP contribution in [0.1, 0.15) is 0 Å². The van der Waals surface area contributed by atoms with Crippen LogP contribution in [0, 0.1) is 0 Å². The summed E-state index contributed by atoms with van der Waals surface area (Å²) in [7, 11) is 0. The number of fused-ring (bicyclic) bond motifs is 2. The van der Waals surface area contributed by atoms with Crippen molar-refractivity contribution in [1.29, 1.82) is 0 Å². The van der Waals surface area contributed by atoms with E-state index in [4.69, 9.17) is 0 Å². The second kappa shape index (κ2) is 3.78. The molecule has 3 rings (SSSR count). The topological polar surface area (TPSA) is 12.4 Å². The quantitative estimate of drug-likeness (QED) is 0.611. The number of nitrogens with zero attached hydrogens (tertiary/aromatic N) is 1. The van der Waals surface area contributed by atoms with Gasteiger partial charge in [0.2, 0.25) is 0 Å². The van der Waals surface area contributed by atoms with E-state index in [1.165, 1.54) is 16.0 Å². The molecule has 1 aromatic rings. The van der Waals surface area contributed by atoms with Crippen molar-refractivity contribution in [1.82, 2.24) is 0 Å². The Labute approximate surface area is 94.2 Å². The predicted molar refractivity (Wildman–Crippen MR) is 68.4 cm³/mol. The molecule has 0 radical (unpaired) electrons. The summed E-state index contributed by atoms with van der Waals surface area (Å²) < 4.78 is 0. The Bertz CT molecular complexity index is 655. The first-order valence-corrected chi connectivity index (χ1v) is 5.34. The Hall–Kier alpha value is -2.15. The molecule has 1 aliphatic carbocycles. The van der Waals surface area contributed by atoms with E-state index in [1.807, 2.05) is 24.4 Å². The highest BCUT2D eigenvalue weighted by atomic mass is 14.7. The predicted octanol–water partition coefficient (Wildman–Crippen LogP) is 1.71. The third-order valence-electron chi connectivity index (χ3n) is 2.72. The maximum absolute atomic E-state index is 4.46. The van der Waals surface area contributed by atoms with Crippen LogP contribution in [0.4, 0.5) is 0 Å². The summed E-state index contributed by atoms with van der Waals surface area (Å²) in [5.74, 6) is 0. The van der Waals surface area contributed by atoms with E-state index in [0.717, 1.165) is 5.71 Å². The van der Waals surface area contributed by atoms with E-state index in [-0.39, 0.29) is 0 Å². The largest absolute Gasteiger partial charge is 0.256 e. The van der Waals surface area contributed by atoms with Gasteiger partial charge in [0.1, 0.15) is 0 Å². The van der Waals surface area contributed by atoms with E-state index in [1.54, 1.807) is 0 Å². The molecule has 1 heterocycles. The highest BCUT2D eigenvalue weighted by Gasteiger charge is 2.08. The minimum absolute atomic E-state index is 1.04. The molecule has 2 aliphatic rings. The number of hydrogen-bond donors (Lipinski definition) is 0. The summed E-state index contributed by atoms with van der Waals surface area (Å²) in [6.07, 6.45) is 14.1. The lowest BCUT2D eigenvalue weighted by molar-refractivity contribution is 1.53. The lowest BCUT2D eigenvalue weighted by Crippen LogP contribution is -2.21. The highest BCUT2D eigenvalue weighted by Crippen LogP contribution is 2.07. The van der Waals surface area contributed by atoms with Gasteiger partial charge in [-0.1, -0.05) is 48.6 Å². The van der Waals surface area contributed by atoms with Crippen molar-refractivity contribution >= 4 is 17.4 Å². The molecule has 0 aromatic heterocycles. The number of rotatable bonds is 0. The SMILES string of the molecule is C1=c2ccccc2=C2\C=C/C=C\C=C/N=C12. The molecule has 1 aromatic carbocycles. The molecule has 16 heavy (non-hydrogen) atoms. The van der Waals surface area contributed by atoms with Crippen molar-refractivity contribution in [2.75, 3.05) is 0 Å². The lowest BCUT2D eigenvalue weighted by Gasteiger charge is -1.95. The molecule has 0 N–H and O–H groups in total. The van der Waals surface area contributed by atoms with E-state index in [9.17, 15) is 0 Å². The molecule has 0 bridgehead atoms. The van der Waals surface area contributed by atoms with Gasteiger partial charge < -0.3 is 0 Å². The Morgan fingerprint density at radius 1 is 0.875 bits per heavy atom. The number of hydrogen-bond acceptors (Lipinski definition) is 1. The van der Waals surface area contributed by atoms with E-state index >= 15 is 0 Å². The standard InChI is InChI=1S/C15H11N/c1-2-6-10-16-15-11-12-7-4-5-8-13(12)14(15)9-3-1/h1-11H/b2-1-,3-1?,6-2?,9-3-,10-6-,14-9?,16-10?,16-15?. The molecule has 0 unspecified atom stereocenters. The van der Waals surface area contributed by atoms with Crippen LogP contribution in [-0.4, -0.2) is 5.71 Å². The van der Waals surface area contributed by atoms with Crippen LogP contribution in [0.3, 0.4) is 0 Å². The van der Waals surface area contributed by atoms with Crippen LogP contribution in [0.15, 0.2) is 65.8 Å². The Morgan fingerprint density at radius 2 is 1.75 bits per heavy atom. The second-order valence-corrected chi connectivity index (χ2v) is 3.75. The minimum atomic E-state index is 1.04. The fraction of sp³-hybridized carbons (Fsp3) is 0. The third kappa shape index (κ3) is 1.47. The zero-order valence-corrected chi connectivity index (χ0v) is 8.80. The Kier molecular flexibility index (Phi) is 2.15. The van der Waals surface area contributed by atoms with Gasteiger partial charge in [-0.25, -0.2) is 0 Å². The fourth-order valence-electron chi connectivity index (χ4n) is 1.97. The Balaban J connectivity index is 2.35. The van der Waals surface area contributed by atoms with Gasteiger partial charge in [-0.15, -0.1) is 0 Å². The molecule has 1 aliphatic heterocycles. The van der Waals surface area contributed by atoms with E-state index in [2.05, 4.69) is 47.5 Å². The monoisotopic (exact) mass is 205 g/mol. The summed E-state index contributed by atoms with van der Waals surface area (Å²) in [5, 5.41) is 2.51. The molecule has 0 saturated carbocycles. The van der Waals surface area contributed by atoms with Crippen molar-refractivity contribution in [2.45, 2.75) is 0 Å². The molecular formula is C15H11N. The van der Waals surface area contributed by atoms with Gasteiger partial charge in [-0.05, 0) is 22.6 Å². The van der Waals surface area contributed by atoms with Gasteiger partial charge in [-0.3, -0.25) is 4.99 Å². The summed E-state index contributed by atoms with van der Waals surface area (Å²) in [4.78, 5) is 4.46. The highest BCUT2D eigenvalue weighted by molar-refractivity contribution is 6.38. The number of allylic oxidation sites excluding steroid dienone is 5. The molecule has 0 atom stereocenters. The van der Waals surface area contributed by atoms with Gasteiger partial charge in [0.15, 0.2) is 0 Å². The van der Waals surface area contributed by atoms with Crippen LogP contribution in [0.25, 0.3) is 11.6 Å². The average molecular weight is 205 g/mol. The number of benzene rings is 1. The van der Waals surface area contributed by atoms with Crippen LogP contribution in [0.2, 0.25) is 0 Å². The first-order chi connectivity index (χ1) is 7.95. The van der Waals surface area contributed by atoms with Gasteiger partial charge in [0, 0.05) is 11.8 Å². The van der Waals surface area contributed by atoms with Gasteiger partial charge >= 0.3 is 0 Å². The van der Waals surface area contributed by atoms with Crippen molar-refractivity contribution in [3.63, 3.8) is 0 Å². The van der Waals surface area contributed by atoms with E-state index < -0.39 is 0 Å². The molecular weight excluding hydrogens is 194 g/mol. The van der Waals surface area contributed by atoms with Crippen LogP contribution in [-0.2, 0) is 0 Å². The van der Waals surface area contributed by atoms with Crippen molar-refractivity contribution < 1.29 is 0 Å². The smallest absolute Gasteiger partial charge is 0.0714 e. The van der Waals surface area contributed by atoms with Crippen LogP contribution >= 0.6 is 0 Å². The molecule has 1 heteroatoms. The molecule has 0 amide bonds. The van der Waals surface area contributed by atoms with E-state index in [0.29, 0.717) is 0 Å². The van der Waals surface area contributed by atoms with Crippen molar-refractivity contribution in [3.05, 3.63) is 71.3 Å². The minimum Gasteiger partial charge on any atom is -0.256 e. The molecule has 0 fully saturated rings. The lowest BCUT2D eigenvalue weighted by atomic mass is 10.1. The third-order valence-corrected chi connectivity index (χ3v) is 2.72. The Morgan fingerprint density at radius 3 is 2.75 bits per heavy atom. The normalized spacial score (nSPS) is 22.8. The molecule has 76 valence electrons. The van der Waals surface area contributed by atoms with Crippen LogP contribution < -0.4 is 10.4 Å². The maximum atomic E-state index is 4.46. The van der Waals surface area contributed by atoms with Gasteiger partial charge in [-0.2, -0.15) is 0 Å². The van der Waals surface area contributed by atoms with Crippen molar-refractivity contribution in [2.24, 2.45) is 4.99 Å². The fourth-order valence-corrected chi connectivity index (χ4v) is 1.97. The first-order valence-electron chi connectivity index (χ1n) is 5.34. The summed E-state index contributed by atoms with van der Waals surface area (Å²) in [5.41, 5.74) is 2.24. The summed E-state index contributed by atoms with van der Waals surface area (Å²) in [6, 6.07) is 8.38. The van der Waals surface area contributed by atoms with Gasteiger partial charge in [0.05, 0.1) is 5.71 Å².